The molecule has 3 atom stereocenters. The zero-order chi connectivity index (χ0) is 18.9. The van der Waals surface area contributed by atoms with Crippen LogP contribution < -0.4 is 22.1 Å². The molecule has 0 saturated heterocycles. The van der Waals surface area contributed by atoms with Crippen molar-refractivity contribution in [1.29, 1.82) is 0 Å². The van der Waals surface area contributed by atoms with Crippen molar-refractivity contribution in [3.8, 4) is 0 Å². The molecule has 0 aromatic carbocycles. The molecule has 0 spiro atoms. The number of aliphatic hydroxyl groups excluding tert-OH is 1. The fourth-order valence-electron chi connectivity index (χ4n) is 1.58. The van der Waals surface area contributed by atoms with E-state index in [1.807, 2.05) is 5.32 Å². The summed E-state index contributed by atoms with van der Waals surface area (Å²) in [6, 6.07) is -4.27. The number of carbonyl (C=O) groups is 5. The summed E-state index contributed by atoms with van der Waals surface area (Å²) >= 11 is 0. The van der Waals surface area contributed by atoms with Crippen LogP contribution >= 0.6 is 0 Å². The summed E-state index contributed by atoms with van der Waals surface area (Å²) in [5.41, 5.74) is 10.3. The third-order valence-electron chi connectivity index (χ3n) is 2.85. The molecule has 0 aromatic heterocycles. The van der Waals surface area contributed by atoms with Crippen molar-refractivity contribution in [2.75, 3.05) is 6.61 Å². The van der Waals surface area contributed by atoms with Gasteiger partial charge in [-0.05, 0) is 6.42 Å². The van der Waals surface area contributed by atoms with E-state index in [0.717, 1.165) is 0 Å². The highest BCUT2D eigenvalue weighted by Crippen LogP contribution is 2.01. The normalized spacial score (nSPS) is 14.1. The molecule has 0 bridgehead atoms. The lowest BCUT2D eigenvalue weighted by Gasteiger charge is -2.21. The summed E-state index contributed by atoms with van der Waals surface area (Å²) in [5.74, 6) is -5.56. The van der Waals surface area contributed by atoms with E-state index in [0.29, 0.717) is 0 Å². The maximum Gasteiger partial charge on any atom is 0.305 e. The van der Waals surface area contributed by atoms with Crippen LogP contribution in [0.1, 0.15) is 19.3 Å². The molecule has 0 aliphatic heterocycles. The zero-order valence-corrected chi connectivity index (χ0v) is 12.6. The van der Waals surface area contributed by atoms with Crippen LogP contribution in [0.25, 0.3) is 0 Å². The number of nitrogens with two attached hydrogens (primary N) is 2. The van der Waals surface area contributed by atoms with E-state index >= 15 is 0 Å². The molecule has 0 unspecified atom stereocenters. The van der Waals surface area contributed by atoms with Crippen LogP contribution in [-0.4, -0.2) is 69.7 Å². The van der Waals surface area contributed by atoms with Crippen LogP contribution in [0.5, 0.6) is 0 Å². The van der Waals surface area contributed by atoms with Crippen molar-refractivity contribution in [2.24, 2.45) is 11.5 Å². The van der Waals surface area contributed by atoms with Gasteiger partial charge in [-0.3, -0.25) is 24.0 Å². The summed E-state index contributed by atoms with van der Waals surface area (Å²) in [5, 5.41) is 30.3. The number of hydrogen-bond acceptors (Lipinski definition) is 7. The second-order valence-corrected chi connectivity index (χ2v) is 4.84. The molecule has 136 valence electrons. The van der Waals surface area contributed by atoms with Gasteiger partial charge in [0, 0.05) is 6.42 Å². The monoisotopic (exact) mass is 348 g/mol. The van der Waals surface area contributed by atoms with Gasteiger partial charge in [0.25, 0.3) is 0 Å². The van der Waals surface area contributed by atoms with Crippen molar-refractivity contribution in [2.45, 2.75) is 37.4 Å². The smallest absolute Gasteiger partial charge is 0.305 e. The largest absolute Gasteiger partial charge is 0.481 e. The summed E-state index contributed by atoms with van der Waals surface area (Å²) in [6.45, 7) is -0.792. The number of amides is 3. The molecule has 0 aliphatic carbocycles. The third kappa shape index (κ3) is 8.05. The number of primary amides is 1. The lowest BCUT2D eigenvalue weighted by molar-refractivity contribution is -0.140. The van der Waals surface area contributed by atoms with Crippen molar-refractivity contribution in [3.63, 3.8) is 0 Å². The van der Waals surface area contributed by atoms with Crippen LogP contribution in [0.15, 0.2) is 0 Å². The van der Waals surface area contributed by atoms with Gasteiger partial charge in [-0.25, -0.2) is 0 Å². The van der Waals surface area contributed by atoms with Crippen molar-refractivity contribution in [3.05, 3.63) is 0 Å². The van der Waals surface area contributed by atoms with E-state index in [4.69, 9.17) is 26.8 Å². The predicted octanol–water partition coefficient (Wildman–Crippen LogP) is -3.90. The van der Waals surface area contributed by atoms with Crippen LogP contribution in [0.2, 0.25) is 0 Å². The number of aliphatic hydroxyl groups is 1. The summed E-state index contributed by atoms with van der Waals surface area (Å²) in [6.07, 6.45) is -1.53. The number of rotatable bonds is 11. The molecule has 0 saturated carbocycles. The highest BCUT2D eigenvalue weighted by atomic mass is 16.4. The highest BCUT2D eigenvalue weighted by molar-refractivity contribution is 5.93. The molecule has 9 N–H and O–H groups in total. The van der Waals surface area contributed by atoms with Gasteiger partial charge < -0.3 is 37.4 Å². The van der Waals surface area contributed by atoms with Gasteiger partial charge in [0.15, 0.2) is 0 Å². The number of carboxylic acid groups (broad SMARTS) is 2. The van der Waals surface area contributed by atoms with E-state index in [1.165, 1.54) is 0 Å². The molecule has 12 heteroatoms. The third-order valence-corrected chi connectivity index (χ3v) is 2.85. The van der Waals surface area contributed by atoms with Gasteiger partial charge in [0.2, 0.25) is 17.7 Å². The zero-order valence-electron chi connectivity index (χ0n) is 12.6. The van der Waals surface area contributed by atoms with E-state index in [-0.39, 0.29) is 6.42 Å². The standard InChI is InChI=1S/C12H20N4O8/c13-5(3-9(20)21)11(23)15-6(1-2-8(18)19)12(24)16-7(4-17)10(14)22/h5-7,17H,1-4,13H2,(H2,14,22)(H,15,23)(H,16,24)(H,18,19)(H,20,21)/t5-,6-,7-/m0/s1. The molecular weight excluding hydrogens is 328 g/mol. The van der Waals surface area contributed by atoms with Crippen molar-refractivity contribution >= 4 is 29.7 Å². The maximum atomic E-state index is 12.0. The molecule has 0 rings (SSSR count). The summed E-state index contributed by atoms with van der Waals surface area (Å²) in [7, 11) is 0. The van der Waals surface area contributed by atoms with Crippen LogP contribution in [0.4, 0.5) is 0 Å². The number of carboxylic acids is 2. The highest BCUT2D eigenvalue weighted by Gasteiger charge is 2.28. The Kier molecular flexibility index (Phi) is 8.97. The van der Waals surface area contributed by atoms with E-state index in [1.54, 1.807) is 0 Å². The Bertz CT molecular complexity index is 509. The van der Waals surface area contributed by atoms with Crippen LogP contribution in [0.3, 0.4) is 0 Å². The average Bonchev–Trinajstić information content (AvgIpc) is 2.46. The first-order valence-corrected chi connectivity index (χ1v) is 6.78. The predicted molar refractivity (Wildman–Crippen MR) is 77.2 cm³/mol. The molecular formula is C12H20N4O8. The van der Waals surface area contributed by atoms with Gasteiger partial charge in [0.1, 0.15) is 12.1 Å². The number of nitrogens with one attached hydrogen (secondary N) is 2. The van der Waals surface area contributed by atoms with Gasteiger partial charge in [-0.2, -0.15) is 0 Å². The van der Waals surface area contributed by atoms with Gasteiger partial charge >= 0.3 is 11.9 Å². The lowest BCUT2D eigenvalue weighted by Crippen LogP contribution is -2.56. The van der Waals surface area contributed by atoms with Gasteiger partial charge in [0.05, 0.1) is 19.1 Å². The molecule has 0 aliphatic rings. The first-order chi connectivity index (χ1) is 11.1. The van der Waals surface area contributed by atoms with E-state index in [9.17, 15) is 24.0 Å². The minimum absolute atomic E-state index is 0.344. The second kappa shape index (κ2) is 10.1. The number of aliphatic carboxylic acids is 2. The summed E-state index contributed by atoms with van der Waals surface area (Å²) < 4.78 is 0. The van der Waals surface area contributed by atoms with Crippen LogP contribution in [0, 0.1) is 0 Å². The topological polar surface area (TPSA) is 222 Å². The van der Waals surface area contributed by atoms with Crippen molar-refractivity contribution in [1.82, 2.24) is 10.6 Å². The quantitative estimate of drug-likeness (QED) is 0.193. The Balaban J connectivity index is 4.98. The summed E-state index contributed by atoms with van der Waals surface area (Å²) in [4.78, 5) is 55.9. The maximum absolute atomic E-state index is 12.0. The lowest BCUT2D eigenvalue weighted by atomic mass is 10.1. The molecule has 0 fully saturated rings. The Labute approximate surface area is 136 Å². The fourth-order valence-corrected chi connectivity index (χ4v) is 1.58. The second-order valence-electron chi connectivity index (χ2n) is 4.84. The molecule has 12 nitrogen and oxygen atoms in total. The molecule has 0 radical (unpaired) electrons. The fraction of sp³-hybridized carbons (Fsp3) is 0.583. The van der Waals surface area contributed by atoms with Gasteiger partial charge in [-0.15, -0.1) is 0 Å². The van der Waals surface area contributed by atoms with Crippen LogP contribution in [-0.2, 0) is 24.0 Å². The number of carbonyl (C=O) groups excluding carboxylic acids is 3. The Hall–Kier alpha value is -2.73. The first kappa shape index (κ1) is 21.3. The molecule has 3 amide bonds. The molecule has 0 heterocycles. The van der Waals surface area contributed by atoms with E-state index < -0.39 is 67.2 Å². The number of hydrogen-bond donors (Lipinski definition) is 7. The Morgan fingerprint density at radius 2 is 1.46 bits per heavy atom. The minimum Gasteiger partial charge on any atom is -0.481 e. The van der Waals surface area contributed by atoms with Crippen molar-refractivity contribution < 1.29 is 39.3 Å². The SMILES string of the molecule is NC(=O)[C@H](CO)NC(=O)[C@H](CCC(=O)O)NC(=O)[C@@H](N)CC(=O)O. The van der Waals surface area contributed by atoms with Gasteiger partial charge in [-0.1, -0.05) is 0 Å². The molecule has 24 heavy (non-hydrogen) atoms. The molecule has 0 aromatic rings. The Morgan fingerprint density at radius 1 is 0.917 bits per heavy atom. The average molecular weight is 348 g/mol. The Morgan fingerprint density at radius 3 is 1.88 bits per heavy atom. The van der Waals surface area contributed by atoms with E-state index in [2.05, 4.69) is 5.32 Å². The minimum atomic E-state index is -1.45. The first-order valence-electron chi connectivity index (χ1n) is 6.78.